The van der Waals surface area contributed by atoms with Gasteiger partial charge in [0.15, 0.2) is 5.78 Å². The third kappa shape index (κ3) is 3.09. The molecule has 116 valence electrons. The van der Waals surface area contributed by atoms with Crippen LogP contribution in [-0.4, -0.2) is 18.9 Å². The number of carbonyl (C=O) groups excluding carboxylic acids is 2. The summed E-state index contributed by atoms with van der Waals surface area (Å²) in [4.78, 5) is 23.4. The summed E-state index contributed by atoms with van der Waals surface area (Å²) in [5.74, 6) is 0.207. The first kappa shape index (κ1) is 15.2. The average Bonchev–Trinajstić information content (AvgIpc) is 2.86. The molecule has 0 saturated carbocycles. The molecular weight excluding hydrogens is 288 g/mol. The van der Waals surface area contributed by atoms with Crippen molar-refractivity contribution >= 4 is 23.9 Å². The van der Waals surface area contributed by atoms with Crippen molar-refractivity contribution in [2.24, 2.45) is 0 Å². The Morgan fingerprint density at radius 2 is 1.74 bits per heavy atom. The van der Waals surface area contributed by atoms with Crippen molar-refractivity contribution in [1.29, 1.82) is 0 Å². The SMILES string of the molecule is COC(=O)c1ccc(/C=C/c2ccc3c(c2)C(=O)CC3C)cc1. The molecule has 0 N–H and O–H groups in total. The lowest BCUT2D eigenvalue weighted by Gasteiger charge is -2.03. The molecule has 2 aromatic rings. The monoisotopic (exact) mass is 306 g/mol. The van der Waals surface area contributed by atoms with Crippen LogP contribution in [0.4, 0.5) is 0 Å². The second-order valence-electron chi connectivity index (χ2n) is 5.82. The second-order valence-corrected chi connectivity index (χ2v) is 5.82. The molecule has 0 amide bonds. The molecule has 0 aromatic heterocycles. The number of fused-ring (bicyclic) bond motifs is 1. The largest absolute Gasteiger partial charge is 0.465 e. The van der Waals surface area contributed by atoms with Crippen molar-refractivity contribution in [1.82, 2.24) is 0 Å². The minimum atomic E-state index is -0.341. The predicted octanol–water partition coefficient (Wildman–Crippen LogP) is 4.33. The maximum atomic E-state index is 12.0. The number of hydrogen-bond donors (Lipinski definition) is 0. The predicted molar refractivity (Wildman–Crippen MR) is 90.5 cm³/mol. The van der Waals surface area contributed by atoms with Gasteiger partial charge in [-0.25, -0.2) is 4.79 Å². The maximum Gasteiger partial charge on any atom is 0.337 e. The summed E-state index contributed by atoms with van der Waals surface area (Å²) >= 11 is 0. The minimum Gasteiger partial charge on any atom is -0.465 e. The zero-order valence-corrected chi connectivity index (χ0v) is 13.2. The third-order valence-electron chi connectivity index (χ3n) is 4.20. The van der Waals surface area contributed by atoms with Crippen molar-refractivity contribution in [3.8, 4) is 0 Å². The van der Waals surface area contributed by atoms with Crippen LogP contribution in [0.3, 0.4) is 0 Å². The normalized spacial score (nSPS) is 16.6. The molecule has 3 nitrogen and oxygen atoms in total. The number of rotatable bonds is 3. The number of Topliss-reactive ketones (excluding diaryl/α,β-unsaturated/α-hetero) is 1. The van der Waals surface area contributed by atoms with Crippen LogP contribution >= 0.6 is 0 Å². The highest BCUT2D eigenvalue weighted by molar-refractivity contribution is 6.01. The number of esters is 1. The highest BCUT2D eigenvalue weighted by Gasteiger charge is 2.25. The van der Waals surface area contributed by atoms with E-state index in [0.29, 0.717) is 17.9 Å². The Kier molecular flexibility index (Phi) is 4.11. The van der Waals surface area contributed by atoms with E-state index >= 15 is 0 Å². The van der Waals surface area contributed by atoms with Crippen LogP contribution in [0.25, 0.3) is 12.2 Å². The number of hydrogen-bond acceptors (Lipinski definition) is 3. The van der Waals surface area contributed by atoms with Crippen molar-refractivity contribution in [2.45, 2.75) is 19.3 Å². The molecule has 0 saturated heterocycles. The van der Waals surface area contributed by atoms with Crippen LogP contribution in [0.15, 0.2) is 42.5 Å². The van der Waals surface area contributed by atoms with Crippen LogP contribution in [0, 0.1) is 0 Å². The number of carbonyl (C=O) groups is 2. The Morgan fingerprint density at radius 3 is 2.43 bits per heavy atom. The maximum absolute atomic E-state index is 12.0. The van der Waals surface area contributed by atoms with Crippen LogP contribution < -0.4 is 0 Å². The Morgan fingerprint density at radius 1 is 1.09 bits per heavy atom. The van der Waals surface area contributed by atoms with Gasteiger partial charge in [-0.15, -0.1) is 0 Å². The molecule has 0 radical (unpaired) electrons. The van der Waals surface area contributed by atoms with Gasteiger partial charge in [0.25, 0.3) is 0 Å². The summed E-state index contributed by atoms with van der Waals surface area (Å²) in [6.45, 7) is 2.09. The smallest absolute Gasteiger partial charge is 0.337 e. The summed E-state index contributed by atoms with van der Waals surface area (Å²) in [5.41, 5.74) is 4.51. The van der Waals surface area contributed by atoms with E-state index in [2.05, 4.69) is 11.7 Å². The standard InChI is InChI=1S/C20H18O3/c1-13-11-19(21)18-12-15(7-10-17(13)18)4-3-14-5-8-16(9-6-14)20(22)23-2/h3-10,12-13H,11H2,1-2H3/b4-3+. The van der Waals surface area contributed by atoms with Gasteiger partial charge in [-0.2, -0.15) is 0 Å². The summed E-state index contributed by atoms with van der Waals surface area (Å²) < 4.78 is 4.68. The average molecular weight is 306 g/mol. The molecule has 3 rings (SSSR count). The molecular formula is C20H18O3. The fourth-order valence-electron chi connectivity index (χ4n) is 2.89. The summed E-state index contributed by atoms with van der Waals surface area (Å²) in [6, 6.07) is 13.2. The molecule has 2 aromatic carbocycles. The molecule has 1 unspecified atom stereocenters. The van der Waals surface area contributed by atoms with E-state index < -0.39 is 0 Å². The Balaban J connectivity index is 1.80. The fraction of sp³-hybridized carbons (Fsp3) is 0.200. The summed E-state index contributed by atoms with van der Waals surface area (Å²) in [5, 5.41) is 0. The van der Waals surface area contributed by atoms with Crippen molar-refractivity contribution in [3.63, 3.8) is 0 Å². The zero-order chi connectivity index (χ0) is 16.4. The molecule has 0 aliphatic heterocycles. The van der Waals surface area contributed by atoms with Gasteiger partial charge in [0.1, 0.15) is 0 Å². The Bertz CT molecular complexity index is 785. The second kappa shape index (κ2) is 6.21. The van der Waals surface area contributed by atoms with Gasteiger partial charge in [0, 0.05) is 12.0 Å². The lowest BCUT2D eigenvalue weighted by atomic mass is 10.0. The molecule has 1 aliphatic rings. The highest BCUT2D eigenvalue weighted by Crippen LogP contribution is 2.33. The van der Waals surface area contributed by atoms with E-state index in [9.17, 15) is 9.59 Å². The first-order valence-electron chi connectivity index (χ1n) is 7.62. The number of ether oxygens (including phenoxy) is 1. The molecule has 3 heteroatoms. The van der Waals surface area contributed by atoms with Gasteiger partial charge >= 0.3 is 5.97 Å². The van der Waals surface area contributed by atoms with Crippen LogP contribution in [0.2, 0.25) is 0 Å². The molecule has 0 bridgehead atoms. The number of ketones is 1. The zero-order valence-electron chi connectivity index (χ0n) is 13.2. The third-order valence-corrected chi connectivity index (χ3v) is 4.20. The first-order chi connectivity index (χ1) is 11.1. The van der Waals surface area contributed by atoms with E-state index in [1.54, 1.807) is 12.1 Å². The summed E-state index contributed by atoms with van der Waals surface area (Å²) in [6.07, 6.45) is 4.55. The van der Waals surface area contributed by atoms with Gasteiger partial charge < -0.3 is 4.74 Å². The lowest BCUT2D eigenvalue weighted by Crippen LogP contribution is -2.00. The molecule has 0 fully saturated rings. The highest BCUT2D eigenvalue weighted by atomic mass is 16.5. The Hall–Kier alpha value is -2.68. The topological polar surface area (TPSA) is 43.4 Å². The molecule has 0 heterocycles. The summed E-state index contributed by atoms with van der Waals surface area (Å²) in [7, 11) is 1.37. The van der Waals surface area contributed by atoms with Crippen molar-refractivity contribution < 1.29 is 14.3 Å². The van der Waals surface area contributed by atoms with Crippen LogP contribution in [0.5, 0.6) is 0 Å². The first-order valence-corrected chi connectivity index (χ1v) is 7.62. The van der Waals surface area contributed by atoms with Crippen molar-refractivity contribution in [2.75, 3.05) is 7.11 Å². The molecule has 1 aliphatic carbocycles. The lowest BCUT2D eigenvalue weighted by molar-refractivity contribution is 0.0600. The van der Waals surface area contributed by atoms with Gasteiger partial charge in [0.05, 0.1) is 12.7 Å². The van der Waals surface area contributed by atoms with Gasteiger partial charge in [-0.3, -0.25) is 4.79 Å². The van der Waals surface area contributed by atoms with Crippen molar-refractivity contribution in [3.05, 3.63) is 70.3 Å². The van der Waals surface area contributed by atoms with Gasteiger partial charge in [-0.1, -0.05) is 43.3 Å². The molecule has 0 spiro atoms. The van der Waals surface area contributed by atoms with E-state index in [1.807, 2.05) is 42.5 Å². The Labute approximate surface area is 135 Å². The molecule has 1 atom stereocenters. The van der Waals surface area contributed by atoms with E-state index in [4.69, 9.17) is 0 Å². The number of methoxy groups -OCH3 is 1. The van der Waals surface area contributed by atoms with E-state index in [0.717, 1.165) is 22.3 Å². The number of benzene rings is 2. The fourth-order valence-corrected chi connectivity index (χ4v) is 2.89. The minimum absolute atomic E-state index is 0.227. The van der Waals surface area contributed by atoms with E-state index in [-0.39, 0.29) is 11.8 Å². The van der Waals surface area contributed by atoms with Crippen LogP contribution in [0.1, 0.15) is 56.7 Å². The molecule has 23 heavy (non-hydrogen) atoms. The quantitative estimate of drug-likeness (QED) is 0.626. The van der Waals surface area contributed by atoms with E-state index in [1.165, 1.54) is 7.11 Å². The van der Waals surface area contributed by atoms with Crippen LogP contribution in [-0.2, 0) is 4.74 Å². The van der Waals surface area contributed by atoms with Gasteiger partial charge in [-0.05, 0) is 40.8 Å². The van der Waals surface area contributed by atoms with Gasteiger partial charge in [0.2, 0.25) is 0 Å².